The van der Waals surface area contributed by atoms with Gasteiger partial charge in [0.05, 0.1) is 63.4 Å². The Morgan fingerprint density at radius 3 is 1.22 bits per heavy atom. The molecule has 0 radical (unpaired) electrons. The van der Waals surface area contributed by atoms with Crippen molar-refractivity contribution in [2.24, 2.45) is 5.73 Å². The average molecular weight is 1950 g/mol. The van der Waals surface area contributed by atoms with Gasteiger partial charge in [0.2, 0.25) is 29.5 Å². The maximum absolute atomic E-state index is 12.8. The molecule has 0 aliphatic carbocycles. The first-order valence-corrected chi connectivity index (χ1v) is 49.7. The molecular formula is C60H90N10O43P6S4. The van der Waals surface area contributed by atoms with Crippen LogP contribution in [0.25, 0.3) is 0 Å². The molecule has 4 rings (SSSR count). The summed E-state index contributed by atoms with van der Waals surface area (Å²) < 4.78 is 104. The zero-order chi connectivity index (χ0) is 92.8. The fourth-order valence-corrected chi connectivity index (χ4v) is 20.4. The number of H-pyrrole nitrogens is 2. The van der Waals surface area contributed by atoms with Gasteiger partial charge in [-0.15, -0.1) is 0 Å². The van der Waals surface area contributed by atoms with E-state index in [9.17, 15) is 129 Å². The normalized spacial score (nSPS) is 19.2. The molecule has 53 nitrogen and oxygen atoms in total. The van der Waals surface area contributed by atoms with Crippen LogP contribution in [-0.2, 0) is 116 Å². The van der Waals surface area contributed by atoms with E-state index in [0.29, 0.717) is 68.6 Å². The van der Waals surface area contributed by atoms with Crippen molar-refractivity contribution in [3.63, 3.8) is 0 Å². The highest BCUT2D eigenvalue weighted by molar-refractivity contribution is 8.77. The largest absolute Gasteiger partial charge is 0.490 e. The Labute approximate surface area is 710 Å². The van der Waals surface area contributed by atoms with Gasteiger partial charge >= 0.3 is 82.2 Å². The summed E-state index contributed by atoms with van der Waals surface area (Å²) in [7, 11) is -28.8. The molecule has 23 N–H and O–H groups in total. The summed E-state index contributed by atoms with van der Waals surface area (Å²) in [6.07, 6.45) is -4.06. The van der Waals surface area contributed by atoms with Crippen LogP contribution < -0.4 is 54.8 Å². The number of aromatic amines is 2. The predicted octanol–water partition coefficient (Wildman–Crippen LogP) is -1.73. The van der Waals surface area contributed by atoms with Crippen molar-refractivity contribution in [3.8, 4) is 23.7 Å². The second-order valence-electron chi connectivity index (χ2n) is 25.7. The van der Waals surface area contributed by atoms with Crippen molar-refractivity contribution < 1.29 is 186 Å². The fourth-order valence-electron chi connectivity index (χ4n) is 10.0. The molecular weight excluding hydrogens is 1860 g/mol. The molecule has 2 aliphatic heterocycles. The van der Waals surface area contributed by atoms with Gasteiger partial charge in [-0.3, -0.25) is 80.9 Å². The van der Waals surface area contributed by atoms with E-state index in [-0.39, 0.29) is 98.8 Å². The first kappa shape index (κ1) is 110. The van der Waals surface area contributed by atoms with E-state index in [1.54, 1.807) is 0 Å². The number of aliphatic hydroxyl groups excluding tert-OH is 2. The molecule has 2 aromatic rings. The Kier molecular flexibility index (Phi) is 48.1. The predicted molar refractivity (Wildman–Crippen MR) is 425 cm³/mol. The molecule has 2 saturated heterocycles. The number of aliphatic carboxylic acids is 4. The number of Topliss-reactive ketones (excluding diaryl/α,β-unsaturated/α-hetero) is 2. The van der Waals surface area contributed by atoms with Gasteiger partial charge in [0, 0.05) is 93.7 Å². The molecule has 692 valence electrons. The highest BCUT2D eigenvalue weighted by atomic mass is 33.1. The minimum Gasteiger partial charge on any atom is -0.481 e. The molecule has 2 aromatic heterocycles. The van der Waals surface area contributed by atoms with E-state index in [0.717, 1.165) is 21.5 Å². The van der Waals surface area contributed by atoms with Crippen LogP contribution in [0.5, 0.6) is 0 Å². The van der Waals surface area contributed by atoms with Crippen LogP contribution in [0.15, 0.2) is 31.6 Å². The number of hydrogen-bond donors (Lipinski definition) is 22. The molecule has 2 fully saturated rings. The van der Waals surface area contributed by atoms with E-state index in [1.165, 1.54) is 50.1 Å². The first-order valence-electron chi connectivity index (χ1n) is 35.7. The number of phosphoric ester groups is 2. The number of carboxylic acids is 4. The molecule has 0 bridgehead atoms. The number of aromatic nitrogens is 4. The third-order valence-electron chi connectivity index (χ3n) is 15.6. The summed E-state index contributed by atoms with van der Waals surface area (Å²) in [5.74, 6) is 2.84. The van der Waals surface area contributed by atoms with Crippen molar-refractivity contribution in [1.82, 2.24) is 45.7 Å². The van der Waals surface area contributed by atoms with Crippen molar-refractivity contribution in [3.05, 3.63) is 65.2 Å². The number of carboxylic acid groups (broad SMARTS) is 4. The van der Waals surface area contributed by atoms with Crippen molar-refractivity contribution >= 4 is 155 Å². The van der Waals surface area contributed by atoms with Gasteiger partial charge in [0.1, 0.15) is 53.7 Å². The van der Waals surface area contributed by atoms with Crippen molar-refractivity contribution in [2.75, 3.05) is 49.3 Å². The maximum atomic E-state index is 12.8. The van der Waals surface area contributed by atoms with E-state index in [4.69, 9.17) is 55.2 Å². The van der Waals surface area contributed by atoms with E-state index < -0.39 is 204 Å². The summed E-state index contributed by atoms with van der Waals surface area (Å²) >= 11 is 0. The number of rotatable bonds is 55. The van der Waals surface area contributed by atoms with E-state index in [2.05, 4.69) is 76.6 Å². The lowest BCUT2D eigenvalue weighted by atomic mass is 10.0. The second-order valence-corrected chi connectivity index (χ2v) is 39.8. The van der Waals surface area contributed by atoms with E-state index >= 15 is 0 Å². The van der Waals surface area contributed by atoms with Crippen LogP contribution >= 0.6 is 90.1 Å². The van der Waals surface area contributed by atoms with Gasteiger partial charge in [-0.1, -0.05) is 92.5 Å². The Bertz CT molecular complexity index is 4730. The minimum atomic E-state index is -5.80. The molecule has 123 heavy (non-hydrogen) atoms. The fraction of sp³-hybridized carbons (Fsp3) is 0.617. The lowest BCUT2D eigenvalue weighted by Gasteiger charge is -2.19. The number of nitrogens with two attached hydrogens (primary N) is 1. The number of carbonyl (C=O) groups excluding carboxylic acids is 7. The summed E-state index contributed by atoms with van der Waals surface area (Å²) in [4.78, 5) is 255. The van der Waals surface area contributed by atoms with Gasteiger partial charge in [0.25, 0.3) is 11.1 Å². The molecule has 14 unspecified atom stereocenters. The average Bonchev–Trinajstić information content (AvgIpc) is 1.70. The molecule has 2 aliphatic rings. The number of nitrogens with one attached hydrogen (secondary N) is 7. The Morgan fingerprint density at radius 2 is 0.862 bits per heavy atom. The molecule has 4 heterocycles. The van der Waals surface area contributed by atoms with Gasteiger partial charge in [-0.05, 0) is 25.7 Å². The van der Waals surface area contributed by atoms with Crippen LogP contribution in [0.3, 0.4) is 0 Å². The standard InChI is InChI=1S/C31H46N5O22P3S2.C29H44N5O21P3S2/c1-18(37)33-21(22(38)8-4-2-3-5-9-26(41)34-20(30(45)46)13-28(42)43)17-63-62-12-10-25(40)32-11-6-7-19-15-36(31(47)35-29(19)44)27-14-23(39)24(56-27)16-55-60(51,52)58-61(53,54)57-59(48,49)50;30-18(20(35)7-3-1-2-4-8-24(38)32-19(28(42)43)12-26(39)40)16-60-59-11-9-23(37)31-10-5-6-17-14-34(29(44)33-27(17)41)25-13-21(36)22(53-25)15-52-57(48,49)55-58(50,51)54-56(45,46)47/h15,20-21,23-24,27,39H,2-5,8-14,16-17H2,1H3,(H,32,40)(H,33,37)(H,34,41)(H,42,43)(H,45,46)(H,51,52)(H,53,54)(H,35,44,47)(H2,48,49,50);14,18-19,21-22,25,36H,1-4,7-13,15-16,30H2,(H,31,37)(H,32,38)(H,39,40)(H,42,43)(H,48,49)(H,50,51)(H,33,41,44)(H2,45,46,47). The number of carbonyl (C=O) groups is 11. The number of ketones is 2. The lowest BCUT2D eigenvalue weighted by Crippen LogP contribution is -2.42. The molecule has 0 spiro atoms. The Balaban J connectivity index is 0.000000636. The SMILES string of the molecule is CC(=O)NC(CSSCCC(=O)NCC#Cc1cn(C2CC(O)C(COP(=O)(O)OP(=O)(O)OP(=O)(O)O)O2)c(=O)[nH]c1=O)C(=O)CCCCCCC(=O)NC(CC(=O)O)C(=O)O.NC(CSSCCC(=O)NCC#Cc1cn(C2CC(O)C(COP(=O)(O)OP(=O)(O)OP(=O)(O)O)O2)c(=O)[nH]c1=O)C(=O)CCCCCCC(=O)NC(CC(=O)O)C(=O)O. The summed E-state index contributed by atoms with van der Waals surface area (Å²) in [5, 5.41) is 68.1. The van der Waals surface area contributed by atoms with Gasteiger partial charge in [-0.25, -0.2) is 46.6 Å². The number of amides is 5. The smallest absolute Gasteiger partial charge is 0.481 e. The molecule has 14 atom stereocenters. The van der Waals surface area contributed by atoms with E-state index in [1.807, 2.05) is 9.97 Å². The monoisotopic (exact) mass is 1950 g/mol. The van der Waals surface area contributed by atoms with Gasteiger partial charge in [-0.2, -0.15) is 17.2 Å². The van der Waals surface area contributed by atoms with Crippen LogP contribution in [0, 0.1) is 23.7 Å². The molecule has 0 aromatic carbocycles. The molecule has 63 heteroatoms. The number of hydrogen-bond acceptors (Lipinski definition) is 36. The molecule has 5 amide bonds. The topological polar surface area (TPSA) is 843 Å². The highest BCUT2D eigenvalue weighted by Crippen LogP contribution is 2.67. The van der Waals surface area contributed by atoms with Crippen LogP contribution in [0.4, 0.5) is 0 Å². The van der Waals surface area contributed by atoms with Gasteiger partial charge < -0.3 is 112 Å². The summed E-state index contributed by atoms with van der Waals surface area (Å²) in [6, 6.07) is -4.57. The maximum Gasteiger partial charge on any atom is 0.490 e. The van der Waals surface area contributed by atoms with Crippen LogP contribution in [-0.4, -0.2) is 252 Å². The number of phosphoric acid groups is 6. The third-order valence-corrected chi connectivity index (χ3v) is 28.1. The lowest BCUT2D eigenvalue weighted by molar-refractivity contribution is -0.147. The number of nitrogens with zero attached hydrogens (tertiary/aromatic N) is 2. The number of aliphatic hydroxyl groups is 2. The second kappa shape index (κ2) is 53.6. The first-order chi connectivity index (χ1) is 57.1. The third kappa shape index (κ3) is 46.9. The summed E-state index contributed by atoms with van der Waals surface area (Å²) in [5.41, 5.74) is 1.66. The van der Waals surface area contributed by atoms with Crippen molar-refractivity contribution in [2.45, 2.75) is 184 Å². The van der Waals surface area contributed by atoms with Crippen LogP contribution in [0.1, 0.15) is 146 Å². The Hall–Kier alpha value is -6.93. The van der Waals surface area contributed by atoms with Crippen LogP contribution in [0.2, 0.25) is 0 Å². The van der Waals surface area contributed by atoms with Gasteiger partial charge in [0.15, 0.2) is 5.78 Å². The number of unbranched alkanes of at least 4 members (excludes halogenated alkanes) is 6. The zero-order valence-corrected chi connectivity index (χ0v) is 72.8. The Morgan fingerprint density at radius 1 is 0.496 bits per heavy atom. The van der Waals surface area contributed by atoms with Crippen molar-refractivity contribution in [1.29, 1.82) is 0 Å². The number of ether oxygens (including phenoxy) is 2. The summed E-state index contributed by atoms with van der Waals surface area (Å²) in [6.45, 7) is -1.15. The quantitative estimate of drug-likeness (QED) is 0.0151. The minimum absolute atomic E-state index is 0.0113. The molecule has 0 saturated carbocycles. The zero-order valence-electron chi connectivity index (χ0n) is 64.2. The highest BCUT2D eigenvalue weighted by Gasteiger charge is 2.45.